The van der Waals surface area contributed by atoms with Gasteiger partial charge in [0.2, 0.25) is 0 Å². The van der Waals surface area contributed by atoms with Crippen LogP contribution in [-0.2, 0) is 0 Å². The highest BCUT2D eigenvalue weighted by molar-refractivity contribution is 4.73. The molecule has 0 radical (unpaired) electrons. The van der Waals surface area contributed by atoms with E-state index in [1.165, 1.54) is 25.7 Å². The summed E-state index contributed by atoms with van der Waals surface area (Å²) in [6.45, 7) is 1.72. The summed E-state index contributed by atoms with van der Waals surface area (Å²) in [4.78, 5) is 0. The Balaban J connectivity index is 0.000001000. The lowest BCUT2D eigenvalue weighted by molar-refractivity contribution is 0.277. The van der Waals surface area contributed by atoms with Gasteiger partial charge < -0.3 is 17.6 Å². The first-order valence-corrected chi connectivity index (χ1v) is 4.27. The molecular formula is C8H21N3. The van der Waals surface area contributed by atoms with Crippen LogP contribution in [0.2, 0.25) is 0 Å². The molecule has 68 valence electrons. The molecule has 0 aromatic heterocycles. The minimum atomic E-state index is 0. The lowest BCUT2D eigenvalue weighted by Gasteiger charge is -2.26. The van der Waals surface area contributed by atoms with Gasteiger partial charge in [0.25, 0.3) is 0 Å². The quantitative estimate of drug-likeness (QED) is 0.558. The van der Waals surface area contributed by atoms with Gasteiger partial charge in [0.05, 0.1) is 0 Å². The molecule has 11 heavy (non-hydrogen) atoms. The maximum atomic E-state index is 5.58. The van der Waals surface area contributed by atoms with Crippen molar-refractivity contribution < 1.29 is 0 Å². The Morgan fingerprint density at radius 3 is 1.82 bits per heavy atom. The molecule has 0 aromatic rings. The highest BCUT2D eigenvalue weighted by atomic mass is 14.6. The van der Waals surface area contributed by atoms with Gasteiger partial charge in [-0.05, 0) is 44.2 Å². The van der Waals surface area contributed by atoms with Crippen molar-refractivity contribution in [3.8, 4) is 0 Å². The Morgan fingerprint density at radius 2 is 1.45 bits per heavy atom. The number of rotatable bonds is 2. The molecule has 1 saturated carbocycles. The van der Waals surface area contributed by atoms with Gasteiger partial charge in [0.15, 0.2) is 0 Å². The molecule has 0 heterocycles. The molecule has 1 aliphatic rings. The molecule has 1 rings (SSSR count). The van der Waals surface area contributed by atoms with Gasteiger partial charge >= 0.3 is 0 Å². The first kappa shape index (κ1) is 10.9. The summed E-state index contributed by atoms with van der Waals surface area (Å²) in [6.07, 6.45) is 5.26. The van der Waals surface area contributed by atoms with Crippen molar-refractivity contribution in [2.24, 2.45) is 23.3 Å². The molecule has 2 atom stereocenters. The fourth-order valence-corrected chi connectivity index (χ4v) is 1.83. The number of hydrogen-bond acceptors (Lipinski definition) is 3. The maximum absolute atomic E-state index is 5.58. The fourth-order valence-electron chi connectivity index (χ4n) is 1.83. The van der Waals surface area contributed by atoms with Crippen LogP contribution in [-0.4, -0.2) is 13.1 Å². The molecule has 3 nitrogen and oxygen atoms in total. The van der Waals surface area contributed by atoms with E-state index in [4.69, 9.17) is 11.5 Å². The zero-order chi connectivity index (χ0) is 7.40. The highest BCUT2D eigenvalue weighted by Crippen LogP contribution is 2.27. The Labute approximate surface area is 69.1 Å². The second kappa shape index (κ2) is 5.52. The van der Waals surface area contributed by atoms with E-state index in [9.17, 15) is 0 Å². The second-order valence-electron chi connectivity index (χ2n) is 3.37. The van der Waals surface area contributed by atoms with Crippen molar-refractivity contribution in [2.75, 3.05) is 13.1 Å². The Bertz CT molecular complexity index is 85.3. The third-order valence-electron chi connectivity index (χ3n) is 2.56. The predicted molar refractivity (Wildman–Crippen MR) is 48.6 cm³/mol. The topological polar surface area (TPSA) is 87.0 Å². The van der Waals surface area contributed by atoms with Gasteiger partial charge in [0, 0.05) is 0 Å². The summed E-state index contributed by atoms with van der Waals surface area (Å²) in [5, 5.41) is 0. The number of hydrogen-bond donors (Lipinski definition) is 3. The molecule has 0 spiro atoms. The molecule has 0 aromatic carbocycles. The number of nitrogens with two attached hydrogens (primary N) is 2. The van der Waals surface area contributed by atoms with Crippen LogP contribution in [0.25, 0.3) is 0 Å². The molecule has 1 fully saturated rings. The standard InChI is InChI=1S/C8H18N2.H3N/c9-5-7-2-1-3-8(4-7)6-10;/h7-8H,1-6,9-10H2;1H3. The molecule has 1 aliphatic carbocycles. The van der Waals surface area contributed by atoms with E-state index in [0.717, 1.165) is 24.9 Å². The van der Waals surface area contributed by atoms with Gasteiger partial charge in [-0.25, -0.2) is 0 Å². The molecule has 0 aliphatic heterocycles. The summed E-state index contributed by atoms with van der Waals surface area (Å²) >= 11 is 0. The first-order valence-electron chi connectivity index (χ1n) is 4.27. The van der Waals surface area contributed by atoms with Crippen LogP contribution in [0.5, 0.6) is 0 Å². The zero-order valence-corrected chi connectivity index (χ0v) is 7.26. The minimum absolute atomic E-state index is 0. The second-order valence-corrected chi connectivity index (χ2v) is 3.37. The minimum Gasteiger partial charge on any atom is -0.344 e. The Kier molecular flexibility index (Phi) is 5.46. The van der Waals surface area contributed by atoms with Crippen molar-refractivity contribution in [2.45, 2.75) is 25.7 Å². The lowest BCUT2D eigenvalue weighted by Crippen LogP contribution is -2.26. The average Bonchev–Trinajstić information content (AvgIpc) is 2.05. The van der Waals surface area contributed by atoms with E-state index >= 15 is 0 Å². The van der Waals surface area contributed by atoms with Crippen molar-refractivity contribution in [3.63, 3.8) is 0 Å². The van der Waals surface area contributed by atoms with Crippen LogP contribution in [0, 0.1) is 11.8 Å². The van der Waals surface area contributed by atoms with E-state index in [1.54, 1.807) is 0 Å². The van der Waals surface area contributed by atoms with E-state index in [1.807, 2.05) is 0 Å². The molecule has 0 amide bonds. The van der Waals surface area contributed by atoms with Crippen LogP contribution >= 0.6 is 0 Å². The van der Waals surface area contributed by atoms with E-state index in [-0.39, 0.29) is 6.15 Å². The van der Waals surface area contributed by atoms with Crippen molar-refractivity contribution in [1.82, 2.24) is 6.15 Å². The summed E-state index contributed by atoms with van der Waals surface area (Å²) in [5.41, 5.74) is 11.2. The lowest BCUT2D eigenvalue weighted by atomic mass is 9.81. The van der Waals surface area contributed by atoms with E-state index in [2.05, 4.69) is 0 Å². The molecule has 7 N–H and O–H groups in total. The summed E-state index contributed by atoms with van der Waals surface area (Å²) in [7, 11) is 0. The third-order valence-corrected chi connectivity index (χ3v) is 2.56. The average molecular weight is 159 g/mol. The van der Waals surface area contributed by atoms with Gasteiger partial charge in [-0.3, -0.25) is 0 Å². The monoisotopic (exact) mass is 159 g/mol. The maximum Gasteiger partial charge on any atom is -0.00488 e. The van der Waals surface area contributed by atoms with Crippen molar-refractivity contribution in [3.05, 3.63) is 0 Å². The van der Waals surface area contributed by atoms with Crippen LogP contribution in [0.4, 0.5) is 0 Å². The van der Waals surface area contributed by atoms with Crippen molar-refractivity contribution >= 4 is 0 Å². The van der Waals surface area contributed by atoms with Crippen LogP contribution in [0.1, 0.15) is 25.7 Å². The molecule has 0 bridgehead atoms. The zero-order valence-electron chi connectivity index (χ0n) is 7.26. The van der Waals surface area contributed by atoms with Gasteiger partial charge in [-0.1, -0.05) is 6.42 Å². The summed E-state index contributed by atoms with van der Waals surface area (Å²) in [6, 6.07) is 0. The predicted octanol–water partition coefficient (Wildman–Crippen LogP) is 0.872. The van der Waals surface area contributed by atoms with Crippen LogP contribution in [0.15, 0.2) is 0 Å². The summed E-state index contributed by atoms with van der Waals surface area (Å²) < 4.78 is 0. The van der Waals surface area contributed by atoms with Crippen LogP contribution in [0.3, 0.4) is 0 Å². The normalized spacial score (nSPS) is 31.1. The van der Waals surface area contributed by atoms with E-state index < -0.39 is 0 Å². The molecule has 3 heteroatoms. The van der Waals surface area contributed by atoms with Crippen LogP contribution < -0.4 is 17.6 Å². The van der Waals surface area contributed by atoms with Gasteiger partial charge in [-0.15, -0.1) is 0 Å². The largest absolute Gasteiger partial charge is 0.344 e. The fraction of sp³-hybridized carbons (Fsp3) is 1.00. The molecular weight excluding hydrogens is 138 g/mol. The summed E-state index contributed by atoms with van der Waals surface area (Å²) in [5.74, 6) is 1.53. The SMILES string of the molecule is N.NCC1CCCC(CN)C1. The Hall–Kier alpha value is -0.120. The molecule has 2 unspecified atom stereocenters. The smallest absolute Gasteiger partial charge is 0.00488 e. The first-order chi connectivity index (χ1) is 4.86. The van der Waals surface area contributed by atoms with Crippen molar-refractivity contribution in [1.29, 1.82) is 0 Å². The highest BCUT2D eigenvalue weighted by Gasteiger charge is 2.19. The van der Waals surface area contributed by atoms with Gasteiger partial charge in [-0.2, -0.15) is 0 Å². The molecule has 0 saturated heterocycles. The third kappa shape index (κ3) is 3.18. The Morgan fingerprint density at radius 1 is 1.00 bits per heavy atom. The van der Waals surface area contributed by atoms with Gasteiger partial charge in [0.1, 0.15) is 0 Å². The van der Waals surface area contributed by atoms with E-state index in [0.29, 0.717) is 0 Å².